The summed E-state index contributed by atoms with van der Waals surface area (Å²) in [5.41, 5.74) is 0. The van der Waals surface area contributed by atoms with E-state index in [0.29, 0.717) is 0 Å². The highest BCUT2D eigenvalue weighted by molar-refractivity contribution is 5.84. The lowest BCUT2D eigenvalue weighted by Gasteiger charge is -2.18. The van der Waals surface area contributed by atoms with Crippen LogP contribution in [-0.2, 0) is 14.3 Å². The fourth-order valence-corrected chi connectivity index (χ4v) is 1.99. The molecule has 7 heteroatoms. The van der Waals surface area contributed by atoms with Crippen LogP contribution in [-0.4, -0.2) is 51.6 Å². The molecule has 0 spiro atoms. The molecule has 0 bridgehead atoms. The number of cyclic esters (lactones) is 1. The summed E-state index contributed by atoms with van der Waals surface area (Å²) >= 11 is 0. The predicted octanol–water partition coefficient (Wildman–Crippen LogP) is -0.405. The average Bonchev–Trinajstić information content (AvgIpc) is 2.73. The monoisotopic (exact) mass is 301 g/mol. The molecule has 0 aromatic rings. The topological polar surface area (TPSA) is 116 Å². The molecule has 1 saturated heterocycles. The Morgan fingerprint density at radius 2 is 2.10 bits per heavy atom. The molecular weight excluding hydrogens is 278 g/mol. The summed E-state index contributed by atoms with van der Waals surface area (Å²) in [6.07, 6.45) is 1.94. The molecule has 0 unspecified atom stereocenters. The first-order valence-corrected chi connectivity index (χ1v) is 7.19. The third-order valence-corrected chi connectivity index (χ3v) is 3.30. The molecule has 1 aliphatic heterocycles. The van der Waals surface area contributed by atoms with E-state index in [1.54, 1.807) is 6.08 Å². The lowest BCUT2D eigenvalue weighted by Crippen LogP contribution is -2.46. The standard InChI is InChI=1S/C14H23NO6/c1-2-3-4-5-6-7-8-15-13(19)11(18)12-9(16)10(17)14(20)21-12/h7-12,16-18H,2-6H2,1H3,(H,15,19)/b8-7+/t9-,10+,11-,12+/m1/s1. The van der Waals surface area contributed by atoms with E-state index in [1.165, 1.54) is 12.6 Å². The van der Waals surface area contributed by atoms with Gasteiger partial charge in [0.15, 0.2) is 18.3 Å². The van der Waals surface area contributed by atoms with Gasteiger partial charge < -0.3 is 25.4 Å². The highest BCUT2D eigenvalue weighted by Crippen LogP contribution is 2.19. The van der Waals surface area contributed by atoms with Gasteiger partial charge in [-0.25, -0.2) is 4.79 Å². The molecule has 1 fully saturated rings. The molecule has 1 aliphatic rings. The van der Waals surface area contributed by atoms with Crippen molar-refractivity contribution in [1.82, 2.24) is 5.32 Å². The third kappa shape index (κ3) is 5.11. The van der Waals surface area contributed by atoms with Gasteiger partial charge in [-0.3, -0.25) is 4.79 Å². The second-order valence-electron chi connectivity index (χ2n) is 5.04. The minimum atomic E-state index is -1.73. The third-order valence-electron chi connectivity index (χ3n) is 3.30. The van der Waals surface area contributed by atoms with E-state index in [0.717, 1.165) is 25.7 Å². The maximum absolute atomic E-state index is 11.6. The van der Waals surface area contributed by atoms with Crippen molar-refractivity contribution >= 4 is 11.9 Å². The van der Waals surface area contributed by atoms with Crippen LogP contribution in [0.5, 0.6) is 0 Å². The largest absolute Gasteiger partial charge is 0.454 e. The lowest BCUT2D eigenvalue weighted by molar-refractivity contribution is -0.153. The number of esters is 1. The Labute approximate surface area is 123 Å². The van der Waals surface area contributed by atoms with Gasteiger partial charge in [-0.05, 0) is 19.0 Å². The number of unbranched alkanes of at least 4 members (excludes halogenated alkanes) is 4. The Morgan fingerprint density at radius 3 is 2.67 bits per heavy atom. The minimum absolute atomic E-state index is 0.800. The number of amides is 1. The van der Waals surface area contributed by atoms with Crippen molar-refractivity contribution in [2.45, 2.75) is 63.4 Å². The summed E-state index contributed by atoms with van der Waals surface area (Å²) in [6, 6.07) is 0. The summed E-state index contributed by atoms with van der Waals surface area (Å²) in [5.74, 6) is -1.85. The van der Waals surface area contributed by atoms with Crippen LogP contribution in [0, 0.1) is 0 Å². The highest BCUT2D eigenvalue weighted by atomic mass is 16.6. The number of allylic oxidation sites excluding steroid dienone is 1. The number of nitrogens with one attached hydrogen (secondary N) is 1. The number of aliphatic hydroxyl groups excluding tert-OH is 3. The van der Waals surface area contributed by atoms with Crippen LogP contribution in [0.15, 0.2) is 12.3 Å². The summed E-state index contributed by atoms with van der Waals surface area (Å²) in [6.45, 7) is 2.12. The Hall–Kier alpha value is -1.44. The first-order valence-electron chi connectivity index (χ1n) is 7.19. The molecule has 0 radical (unpaired) electrons. The molecule has 4 N–H and O–H groups in total. The van der Waals surface area contributed by atoms with E-state index in [2.05, 4.69) is 17.0 Å². The maximum atomic E-state index is 11.6. The predicted molar refractivity (Wildman–Crippen MR) is 73.9 cm³/mol. The normalized spacial score (nSPS) is 26.9. The van der Waals surface area contributed by atoms with E-state index in [1.807, 2.05) is 0 Å². The van der Waals surface area contributed by atoms with Gasteiger partial charge in [-0.1, -0.05) is 32.3 Å². The fourth-order valence-electron chi connectivity index (χ4n) is 1.99. The molecule has 1 rings (SSSR count). The summed E-state index contributed by atoms with van der Waals surface area (Å²) in [7, 11) is 0. The van der Waals surface area contributed by atoms with Crippen molar-refractivity contribution in [3.63, 3.8) is 0 Å². The lowest BCUT2D eigenvalue weighted by atomic mass is 10.1. The van der Waals surface area contributed by atoms with Crippen LogP contribution in [0.1, 0.15) is 39.0 Å². The molecule has 120 valence electrons. The van der Waals surface area contributed by atoms with Gasteiger partial charge in [0, 0.05) is 0 Å². The Balaban J connectivity index is 2.32. The second kappa shape index (κ2) is 8.76. The quantitative estimate of drug-likeness (QED) is 0.358. The van der Waals surface area contributed by atoms with Crippen LogP contribution in [0.4, 0.5) is 0 Å². The number of hydrogen-bond donors (Lipinski definition) is 4. The van der Waals surface area contributed by atoms with E-state index in [9.17, 15) is 24.9 Å². The van der Waals surface area contributed by atoms with Gasteiger partial charge in [0.25, 0.3) is 5.91 Å². The highest BCUT2D eigenvalue weighted by Gasteiger charge is 2.48. The summed E-state index contributed by atoms with van der Waals surface area (Å²) in [5, 5.41) is 30.7. The smallest absolute Gasteiger partial charge is 0.338 e. The fraction of sp³-hybridized carbons (Fsp3) is 0.714. The Morgan fingerprint density at radius 1 is 1.38 bits per heavy atom. The van der Waals surface area contributed by atoms with E-state index >= 15 is 0 Å². The van der Waals surface area contributed by atoms with Crippen LogP contribution in [0.25, 0.3) is 0 Å². The van der Waals surface area contributed by atoms with Crippen LogP contribution < -0.4 is 5.32 Å². The van der Waals surface area contributed by atoms with Crippen LogP contribution >= 0.6 is 0 Å². The van der Waals surface area contributed by atoms with Gasteiger partial charge in [0.05, 0.1) is 0 Å². The van der Waals surface area contributed by atoms with Crippen molar-refractivity contribution in [3.05, 3.63) is 12.3 Å². The minimum Gasteiger partial charge on any atom is -0.454 e. The van der Waals surface area contributed by atoms with Gasteiger partial charge in [-0.15, -0.1) is 0 Å². The van der Waals surface area contributed by atoms with Crippen molar-refractivity contribution in [3.8, 4) is 0 Å². The Kier molecular flexibility index (Phi) is 7.35. The van der Waals surface area contributed by atoms with Crippen LogP contribution in [0.3, 0.4) is 0 Å². The van der Waals surface area contributed by atoms with Crippen molar-refractivity contribution in [1.29, 1.82) is 0 Å². The SMILES string of the molecule is CCCCCC/C=C/NC(=O)[C@H](O)[C@H]1OC(=O)[C@@H](O)[C@H]1O. The van der Waals surface area contributed by atoms with Crippen molar-refractivity contribution < 1.29 is 29.6 Å². The van der Waals surface area contributed by atoms with Crippen molar-refractivity contribution in [2.75, 3.05) is 0 Å². The van der Waals surface area contributed by atoms with Gasteiger partial charge in [-0.2, -0.15) is 0 Å². The molecule has 0 saturated carbocycles. The van der Waals surface area contributed by atoms with E-state index in [4.69, 9.17) is 0 Å². The van der Waals surface area contributed by atoms with Gasteiger partial charge >= 0.3 is 5.97 Å². The first-order chi connectivity index (χ1) is 9.99. The molecule has 0 aromatic heterocycles. The molecule has 7 nitrogen and oxygen atoms in total. The number of carbonyl (C=O) groups is 2. The molecule has 4 atom stereocenters. The molecule has 1 amide bonds. The van der Waals surface area contributed by atoms with Crippen LogP contribution in [0.2, 0.25) is 0 Å². The zero-order valence-corrected chi connectivity index (χ0v) is 12.1. The number of ether oxygens (including phenoxy) is 1. The molecule has 0 aliphatic carbocycles. The van der Waals surface area contributed by atoms with Crippen molar-refractivity contribution in [2.24, 2.45) is 0 Å². The van der Waals surface area contributed by atoms with Gasteiger partial charge in [0.2, 0.25) is 0 Å². The average molecular weight is 301 g/mol. The van der Waals surface area contributed by atoms with Gasteiger partial charge in [0.1, 0.15) is 6.10 Å². The zero-order valence-electron chi connectivity index (χ0n) is 12.1. The second-order valence-corrected chi connectivity index (χ2v) is 5.04. The number of aliphatic hydroxyl groups is 3. The number of rotatable bonds is 8. The molecular formula is C14H23NO6. The Bertz CT molecular complexity index is 384. The summed E-state index contributed by atoms with van der Waals surface area (Å²) < 4.78 is 4.57. The zero-order chi connectivity index (χ0) is 15.8. The molecule has 21 heavy (non-hydrogen) atoms. The van der Waals surface area contributed by atoms with E-state index in [-0.39, 0.29) is 0 Å². The molecule has 1 heterocycles. The summed E-state index contributed by atoms with van der Waals surface area (Å²) in [4.78, 5) is 22.6. The van der Waals surface area contributed by atoms with E-state index < -0.39 is 36.3 Å². The molecule has 0 aromatic carbocycles. The maximum Gasteiger partial charge on any atom is 0.338 e. The first kappa shape index (κ1) is 17.6. The number of hydrogen-bond acceptors (Lipinski definition) is 6. The number of carbonyl (C=O) groups excluding carboxylic acids is 2.